The third-order valence-corrected chi connectivity index (χ3v) is 6.18. The van der Waals surface area contributed by atoms with E-state index in [0.717, 1.165) is 27.8 Å². The van der Waals surface area contributed by atoms with Gasteiger partial charge in [0.25, 0.3) is 0 Å². The van der Waals surface area contributed by atoms with Crippen LogP contribution >= 0.6 is 0 Å². The zero-order chi connectivity index (χ0) is 18.9. The highest BCUT2D eigenvalue weighted by Gasteiger charge is 2.20. The lowest BCUT2D eigenvalue weighted by Gasteiger charge is -2.16. The van der Waals surface area contributed by atoms with Gasteiger partial charge in [-0.3, -0.25) is 0 Å². The highest BCUT2D eigenvalue weighted by Crippen LogP contribution is 2.31. The average Bonchev–Trinajstić information content (AvgIpc) is 2.60. The van der Waals surface area contributed by atoms with E-state index in [1.807, 2.05) is 26.0 Å². The Hall–Kier alpha value is -2.46. The topological polar surface area (TPSA) is 34.1 Å². The molecule has 0 unspecified atom stereocenters. The van der Waals surface area contributed by atoms with E-state index in [1.54, 1.807) is 49.4 Å². The summed E-state index contributed by atoms with van der Waals surface area (Å²) in [7, 11) is -3.47. The Balaban J connectivity index is 2.14. The Morgan fingerprint density at radius 3 is 2.19 bits per heavy atom. The van der Waals surface area contributed by atoms with E-state index < -0.39 is 9.84 Å². The van der Waals surface area contributed by atoms with Crippen LogP contribution in [0, 0.1) is 26.6 Å². The highest BCUT2D eigenvalue weighted by molar-refractivity contribution is 7.90. The SMILES string of the molecule is Cc1cc(C)c(CS(=O)(=O)c2ccccc2)c(-c2ccc(F)c(C)c2)c1. The molecule has 3 aromatic carbocycles. The van der Waals surface area contributed by atoms with Gasteiger partial charge in [0.05, 0.1) is 10.6 Å². The van der Waals surface area contributed by atoms with Crippen molar-refractivity contribution < 1.29 is 12.8 Å². The third kappa shape index (κ3) is 3.70. The maximum Gasteiger partial charge on any atom is 0.182 e. The van der Waals surface area contributed by atoms with E-state index in [0.29, 0.717) is 10.5 Å². The summed E-state index contributed by atoms with van der Waals surface area (Å²) in [4.78, 5) is 0.307. The molecular weight excluding hydrogens is 347 g/mol. The second-order valence-electron chi connectivity index (χ2n) is 6.64. The molecule has 3 aromatic rings. The standard InChI is InChI=1S/C22H21FO2S/c1-15-11-16(2)21(14-26(24,25)19-7-5-4-6-8-19)20(12-15)18-9-10-22(23)17(3)13-18/h4-13H,14H2,1-3H3. The molecule has 0 saturated carbocycles. The fourth-order valence-electron chi connectivity index (χ4n) is 3.16. The van der Waals surface area contributed by atoms with Gasteiger partial charge in [-0.15, -0.1) is 0 Å². The second-order valence-corrected chi connectivity index (χ2v) is 8.63. The van der Waals surface area contributed by atoms with Gasteiger partial charge in [0.1, 0.15) is 5.82 Å². The van der Waals surface area contributed by atoms with E-state index in [4.69, 9.17) is 0 Å². The van der Waals surface area contributed by atoms with Crippen molar-refractivity contribution >= 4 is 9.84 Å². The zero-order valence-electron chi connectivity index (χ0n) is 15.1. The Morgan fingerprint density at radius 2 is 1.54 bits per heavy atom. The van der Waals surface area contributed by atoms with Crippen LogP contribution in [0.5, 0.6) is 0 Å². The first-order valence-electron chi connectivity index (χ1n) is 8.42. The summed E-state index contributed by atoms with van der Waals surface area (Å²) in [6, 6.07) is 17.3. The molecule has 2 nitrogen and oxygen atoms in total. The van der Waals surface area contributed by atoms with E-state index >= 15 is 0 Å². The van der Waals surface area contributed by atoms with Crippen molar-refractivity contribution in [3.63, 3.8) is 0 Å². The van der Waals surface area contributed by atoms with Gasteiger partial charge in [-0.1, -0.05) is 42.0 Å². The lowest BCUT2D eigenvalue weighted by Crippen LogP contribution is -2.08. The predicted molar refractivity (Wildman–Crippen MR) is 103 cm³/mol. The van der Waals surface area contributed by atoms with Crippen LogP contribution in [0.3, 0.4) is 0 Å². The van der Waals surface area contributed by atoms with E-state index in [9.17, 15) is 12.8 Å². The maximum absolute atomic E-state index is 13.7. The molecular formula is C22H21FO2S. The lowest BCUT2D eigenvalue weighted by molar-refractivity contribution is 0.595. The van der Waals surface area contributed by atoms with Crippen molar-refractivity contribution in [2.75, 3.05) is 0 Å². The van der Waals surface area contributed by atoms with Gasteiger partial charge >= 0.3 is 0 Å². The van der Waals surface area contributed by atoms with Gasteiger partial charge < -0.3 is 0 Å². The fourth-order valence-corrected chi connectivity index (χ4v) is 4.66. The second kappa shape index (κ2) is 7.04. The molecule has 4 heteroatoms. The smallest absolute Gasteiger partial charge is 0.182 e. The van der Waals surface area contributed by atoms with Crippen molar-refractivity contribution in [3.8, 4) is 11.1 Å². The minimum Gasteiger partial charge on any atom is -0.223 e. The number of hydrogen-bond donors (Lipinski definition) is 0. The highest BCUT2D eigenvalue weighted by atomic mass is 32.2. The summed E-state index contributed by atoms with van der Waals surface area (Å²) in [5.74, 6) is -0.355. The van der Waals surface area contributed by atoms with Crippen molar-refractivity contribution in [2.45, 2.75) is 31.4 Å². The van der Waals surface area contributed by atoms with Gasteiger partial charge in [-0.05, 0) is 72.9 Å². The number of rotatable bonds is 4. The Morgan fingerprint density at radius 1 is 0.846 bits per heavy atom. The quantitative estimate of drug-likeness (QED) is 0.618. The third-order valence-electron chi connectivity index (χ3n) is 4.52. The Bertz CT molecular complexity index is 1060. The predicted octanol–water partition coefficient (Wildman–Crippen LogP) is 5.39. The van der Waals surface area contributed by atoms with Crippen LogP contribution in [-0.4, -0.2) is 8.42 Å². The molecule has 0 bridgehead atoms. The van der Waals surface area contributed by atoms with E-state index in [1.165, 1.54) is 6.07 Å². The van der Waals surface area contributed by atoms with Gasteiger partial charge in [0.15, 0.2) is 9.84 Å². The molecule has 0 atom stereocenters. The maximum atomic E-state index is 13.7. The molecule has 0 aliphatic rings. The summed E-state index contributed by atoms with van der Waals surface area (Å²) in [6.45, 7) is 5.60. The molecule has 0 aromatic heterocycles. The number of sulfone groups is 1. The van der Waals surface area contributed by atoms with Crippen molar-refractivity contribution in [3.05, 3.63) is 88.7 Å². The summed E-state index contributed by atoms with van der Waals surface area (Å²) in [5.41, 5.74) is 4.92. The monoisotopic (exact) mass is 368 g/mol. The molecule has 0 fully saturated rings. The lowest BCUT2D eigenvalue weighted by atomic mass is 9.94. The van der Waals surface area contributed by atoms with Crippen LogP contribution < -0.4 is 0 Å². The molecule has 0 spiro atoms. The summed E-state index contributed by atoms with van der Waals surface area (Å²) in [6.07, 6.45) is 0. The first-order valence-corrected chi connectivity index (χ1v) is 10.1. The number of aryl methyl sites for hydroxylation is 3. The van der Waals surface area contributed by atoms with Crippen LogP contribution in [0.4, 0.5) is 4.39 Å². The summed E-state index contributed by atoms with van der Waals surface area (Å²) >= 11 is 0. The summed E-state index contributed by atoms with van der Waals surface area (Å²) in [5, 5.41) is 0. The first-order chi connectivity index (χ1) is 12.3. The normalized spacial score (nSPS) is 11.5. The molecule has 26 heavy (non-hydrogen) atoms. The number of halogens is 1. The molecule has 3 rings (SSSR count). The number of benzene rings is 3. The molecule has 0 heterocycles. The van der Waals surface area contributed by atoms with Crippen LogP contribution in [-0.2, 0) is 15.6 Å². The average molecular weight is 368 g/mol. The molecule has 0 amide bonds. The van der Waals surface area contributed by atoms with Crippen LogP contribution in [0.15, 0.2) is 65.6 Å². The minimum atomic E-state index is -3.47. The van der Waals surface area contributed by atoms with Gasteiger partial charge in [-0.2, -0.15) is 0 Å². The van der Waals surface area contributed by atoms with Gasteiger partial charge in [0, 0.05) is 0 Å². The molecule has 0 radical (unpaired) electrons. The Labute approximate surface area is 154 Å². The van der Waals surface area contributed by atoms with Crippen molar-refractivity contribution in [2.24, 2.45) is 0 Å². The largest absolute Gasteiger partial charge is 0.223 e. The van der Waals surface area contributed by atoms with Gasteiger partial charge in [-0.25, -0.2) is 12.8 Å². The number of hydrogen-bond acceptors (Lipinski definition) is 2. The zero-order valence-corrected chi connectivity index (χ0v) is 15.9. The fraction of sp³-hybridized carbons (Fsp3) is 0.182. The molecule has 0 aliphatic carbocycles. The van der Waals surface area contributed by atoms with E-state index in [-0.39, 0.29) is 11.6 Å². The molecule has 134 valence electrons. The molecule has 0 saturated heterocycles. The Kier molecular flexibility index (Phi) is 4.97. The van der Waals surface area contributed by atoms with E-state index in [2.05, 4.69) is 0 Å². The first kappa shape index (κ1) is 18.3. The van der Waals surface area contributed by atoms with Crippen LogP contribution in [0.25, 0.3) is 11.1 Å². The molecule has 0 N–H and O–H groups in total. The van der Waals surface area contributed by atoms with Crippen LogP contribution in [0.2, 0.25) is 0 Å². The van der Waals surface area contributed by atoms with Crippen LogP contribution in [0.1, 0.15) is 22.3 Å². The molecule has 0 aliphatic heterocycles. The van der Waals surface area contributed by atoms with Crippen molar-refractivity contribution in [1.82, 2.24) is 0 Å². The summed E-state index contributed by atoms with van der Waals surface area (Å²) < 4.78 is 39.4. The van der Waals surface area contributed by atoms with Crippen molar-refractivity contribution in [1.29, 1.82) is 0 Å². The van der Waals surface area contributed by atoms with Gasteiger partial charge in [0.2, 0.25) is 0 Å². The minimum absolute atomic E-state index is 0.0884.